The lowest BCUT2D eigenvalue weighted by molar-refractivity contribution is -0.119. The van der Waals surface area contributed by atoms with Gasteiger partial charge in [-0.1, -0.05) is 79.1 Å². The second-order valence-electron chi connectivity index (χ2n) is 16.1. The third-order valence-electron chi connectivity index (χ3n) is 11.5. The lowest BCUT2D eigenvalue weighted by Gasteiger charge is -2.41. The van der Waals surface area contributed by atoms with Gasteiger partial charge in [0.2, 0.25) is 0 Å². The summed E-state index contributed by atoms with van der Waals surface area (Å²) in [6.07, 6.45) is 11.8. The lowest BCUT2D eigenvalue weighted by atomic mass is 9.65. The molecule has 278 valence electrons. The molecule has 8 nitrogen and oxygen atoms in total. The van der Waals surface area contributed by atoms with Crippen molar-refractivity contribution in [2.75, 3.05) is 0 Å². The number of rotatable bonds is 22. The fourth-order valence-electron chi connectivity index (χ4n) is 7.58. The SMILES string of the molecule is CCCCC(CC)CC1(CC(CC)CCCC)c2cc(CC(C)(OB(O)O)C(C)(C)O)sc2-c2sc(CC(C)(OB(O)O)C(C)(C)O)cc21. The van der Waals surface area contributed by atoms with E-state index in [1.807, 2.05) is 0 Å². The Labute approximate surface area is 304 Å². The Kier molecular flexibility index (Phi) is 14.7. The molecule has 6 N–H and O–H groups in total. The van der Waals surface area contributed by atoms with Gasteiger partial charge in [0, 0.05) is 37.8 Å². The van der Waals surface area contributed by atoms with Crippen molar-refractivity contribution in [3.8, 4) is 9.75 Å². The van der Waals surface area contributed by atoms with Crippen LogP contribution >= 0.6 is 22.7 Å². The predicted octanol–water partition coefficient (Wildman–Crippen LogP) is 7.41. The summed E-state index contributed by atoms with van der Waals surface area (Å²) in [7, 11) is -4.04. The summed E-state index contributed by atoms with van der Waals surface area (Å²) in [6.45, 7) is 19.1. The van der Waals surface area contributed by atoms with E-state index in [0.717, 1.165) is 61.1 Å². The molecule has 12 heteroatoms. The van der Waals surface area contributed by atoms with Gasteiger partial charge in [0.1, 0.15) is 0 Å². The van der Waals surface area contributed by atoms with E-state index in [0.29, 0.717) is 24.7 Å². The maximum absolute atomic E-state index is 11.2. The van der Waals surface area contributed by atoms with Crippen molar-refractivity contribution in [1.82, 2.24) is 0 Å². The molecule has 4 atom stereocenters. The molecule has 0 aromatic carbocycles. The predicted molar refractivity (Wildman–Crippen MR) is 204 cm³/mol. The average Bonchev–Trinajstić information content (AvgIpc) is 3.63. The highest BCUT2D eigenvalue weighted by atomic mass is 32.1. The van der Waals surface area contributed by atoms with Crippen molar-refractivity contribution in [2.24, 2.45) is 11.8 Å². The highest BCUT2D eigenvalue weighted by Crippen LogP contribution is 2.61. The molecule has 49 heavy (non-hydrogen) atoms. The zero-order valence-electron chi connectivity index (χ0n) is 31.8. The molecule has 0 radical (unpaired) electrons. The van der Waals surface area contributed by atoms with Gasteiger partial charge in [-0.3, -0.25) is 0 Å². The number of hydrogen-bond donors (Lipinski definition) is 6. The van der Waals surface area contributed by atoms with Crippen molar-refractivity contribution < 1.29 is 39.6 Å². The Morgan fingerprint density at radius 2 is 1.00 bits per heavy atom. The number of hydrogen-bond acceptors (Lipinski definition) is 10. The fourth-order valence-corrected chi connectivity index (χ4v) is 10.5. The van der Waals surface area contributed by atoms with Crippen LogP contribution in [0.3, 0.4) is 0 Å². The third-order valence-corrected chi connectivity index (χ3v) is 13.9. The van der Waals surface area contributed by atoms with Crippen LogP contribution in [0.4, 0.5) is 0 Å². The van der Waals surface area contributed by atoms with Gasteiger partial charge >= 0.3 is 14.6 Å². The Morgan fingerprint density at radius 3 is 1.27 bits per heavy atom. The van der Waals surface area contributed by atoms with Gasteiger partial charge in [-0.05, 0) is 89.5 Å². The summed E-state index contributed by atoms with van der Waals surface area (Å²) in [5.41, 5.74) is -2.85. The van der Waals surface area contributed by atoms with Gasteiger partial charge in [-0.25, -0.2) is 0 Å². The van der Waals surface area contributed by atoms with Crippen LogP contribution in [0.5, 0.6) is 0 Å². The Bertz CT molecular complexity index is 1230. The molecule has 2 aromatic rings. The average molecular weight is 723 g/mol. The van der Waals surface area contributed by atoms with E-state index >= 15 is 0 Å². The maximum atomic E-state index is 11.2. The highest BCUT2D eigenvalue weighted by Gasteiger charge is 2.51. The molecule has 2 aromatic heterocycles. The molecule has 4 unspecified atom stereocenters. The summed E-state index contributed by atoms with van der Waals surface area (Å²) in [4.78, 5) is 4.42. The number of unbranched alkanes of at least 4 members (excludes halogenated alkanes) is 2. The summed E-state index contributed by atoms with van der Waals surface area (Å²) in [6, 6.07) is 4.60. The number of aliphatic hydroxyl groups is 2. The molecule has 1 aliphatic rings. The van der Waals surface area contributed by atoms with E-state index in [9.17, 15) is 30.3 Å². The van der Waals surface area contributed by atoms with Gasteiger partial charge in [0.05, 0.1) is 22.4 Å². The smallest absolute Gasteiger partial charge is 0.402 e. The van der Waals surface area contributed by atoms with Crippen LogP contribution in [0.2, 0.25) is 0 Å². The van der Waals surface area contributed by atoms with Crippen molar-refractivity contribution >= 4 is 37.3 Å². The molecular formula is C37H64B2O8S2. The molecular weight excluding hydrogens is 658 g/mol. The van der Waals surface area contributed by atoms with Crippen molar-refractivity contribution in [3.05, 3.63) is 33.0 Å². The summed E-state index contributed by atoms with van der Waals surface area (Å²) >= 11 is 3.37. The molecule has 0 amide bonds. The van der Waals surface area contributed by atoms with Crippen molar-refractivity contribution in [3.63, 3.8) is 0 Å². The lowest BCUT2D eigenvalue weighted by Crippen LogP contribution is -2.54. The largest absolute Gasteiger partial charge is 0.634 e. The molecule has 0 fully saturated rings. The summed E-state index contributed by atoms with van der Waals surface area (Å²) < 4.78 is 11.2. The van der Waals surface area contributed by atoms with E-state index in [1.54, 1.807) is 64.2 Å². The molecule has 0 aliphatic heterocycles. The fraction of sp³-hybridized carbons (Fsp3) is 0.784. The normalized spacial score (nSPS) is 20.0. The van der Waals surface area contributed by atoms with Crippen LogP contribution in [0.25, 0.3) is 9.75 Å². The molecule has 0 saturated heterocycles. The van der Waals surface area contributed by atoms with Crippen LogP contribution < -0.4 is 0 Å². The topological polar surface area (TPSA) is 140 Å². The quantitative estimate of drug-likeness (QED) is 0.0692. The molecule has 0 bridgehead atoms. The first kappa shape index (κ1) is 42.6. The van der Waals surface area contributed by atoms with Crippen molar-refractivity contribution in [2.45, 2.75) is 174 Å². The molecule has 1 aliphatic carbocycles. The van der Waals surface area contributed by atoms with Gasteiger partial charge in [0.15, 0.2) is 0 Å². The minimum absolute atomic E-state index is 0.248. The third kappa shape index (κ3) is 9.80. The molecule has 0 saturated carbocycles. The van der Waals surface area contributed by atoms with Gasteiger partial charge < -0.3 is 39.6 Å². The standard InChI is InChI=1S/C37H64B2O8S2/c1-11-15-17-25(13-3)21-37(22-26(14-4)18-16-12-2)29-19-27(23-35(9,33(5,6)40)46-38(42)43)48-31(29)32-30(37)20-28(49-32)24-36(10,34(7,8)41)47-39(44)45/h19-20,25-26,40-45H,11-18,21-24H2,1-10H3. The zero-order valence-corrected chi connectivity index (χ0v) is 33.4. The Hall–Kier alpha value is -0.790. The summed E-state index contributed by atoms with van der Waals surface area (Å²) in [5, 5.41) is 61.6. The van der Waals surface area contributed by atoms with E-state index in [4.69, 9.17) is 9.31 Å². The number of fused-ring (bicyclic) bond motifs is 3. The maximum Gasteiger partial charge on any atom is 0.634 e. The second-order valence-corrected chi connectivity index (χ2v) is 18.3. The van der Waals surface area contributed by atoms with E-state index in [2.05, 4.69) is 39.8 Å². The van der Waals surface area contributed by atoms with Crippen LogP contribution in [-0.4, -0.2) is 67.4 Å². The van der Waals surface area contributed by atoms with E-state index < -0.39 is 37.0 Å². The molecule has 3 rings (SSSR count). The zero-order chi connectivity index (χ0) is 37.0. The molecule has 2 heterocycles. The Morgan fingerprint density at radius 1 is 0.653 bits per heavy atom. The van der Waals surface area contributed by atoms with E-state index in [1.165, 1.54) is 33.7 Å². The summed E-state index contributed by atoms with van der Waals surface area (Å²) in [5.74, 6) is 1.05. The van der Waals surface area contributed by atoms with Crippen LogP contribution in [0, 0.1) is 11.8 Å². The van der Waals surface area contributed by atoms with Crippen LogP contribution in [-0.2, 0) is 27.6 Å². The Balaban J connectivity index is 2.30. The first-order valence-corrected chi connectivity index (χ1v) is 20.1. The van der Waals surface area contributed by atoms with Gasteiger partial charge in [-0.2, -0.15) is 0 Å². The first-order valence-electron chi connectivity index (χ1n) is 18.5. The van der Waals surface area contributed by atoms with Crippen LogP contribution in [0.1, 0.15) is 154 Å². The minimum atomic E-state index is -2.02. The number of thiophene rings is 2. The second kappa shape index (κ2) is 16.9. The first-order chi connectivity index (χ1) is 22.7. The highest BCUT2D eigenvalue weighted by molar-refractivity contribution is 7.22. The monoisotopic (exact) mass is 722 g/mol. The van der Waals surface area contributed by atoms with Crippen molar-refractivity contribution in [1.29, 1.82) is 0 Å². The van der Waals surface area contributed by atoms with Gasteiger partial charge in [-0.15, -0.1) is 22.7 Å². The minimum Gasteiger partial charge on any atom is -0.402 e. The van der Waals surface area contributed by atoms with Crippen LogP contribution in [0.15, 0.2) is 12.1 Å². The molecule has 0 spiro atoms. The van der Waals surface area contributed by atoms with Gasteiger partial charge in [0.25, 0.3) is 0 Å². The van der Waals surface area contributed by atoms with E-state index in [-0.39, 0.29) is 5.41 Å².